The average molecular weight is 325 g/mol. The fourth-order valence-corrected chi connectivity index (χ4v) is 2.97. The van der Waals surface area contributed by atoms with Gasteiger partial charge in [0.25, 0.3) is 0 Å². The smallest absolute Gasteiger partial charge is 0.223 e. The molecular formula is C17H19N5O2. The molecule has 2 heterocycles. The summed E-state index contributed by atoms with van der Waals surface area (Å²) in [6.45, 7) is 1.21. The Balaban J connectivity index is 1.51. The highest BCUT2D eigenvalue weighted by molar-refractivity contribution is 5.77. The summed E-state index contributed by atoms with van der Waals surface area (Å²) in [5.41, 5.74) is 0.694. The van der Waals surface area contributed by atoms with Crippen LogP contribution in [0.2, 0.25) is 0 Å². The summed E-state index contributed by atoms with van der Waals surface area (Å²) in [7, 11) is 0. The van der Waals surface area contributed by atoms with E-state index in [1.807, 2.05) is 12.1 Å². The van der Waals surface area contributed by atoms with Gasteiger partial charge in [0.2, 0.25) is 5.91 Å². The lowest BCUT2D eigenvalue weighted by Crippen LogP contribution is -2.39. The Bertz CT molecular complexity index is 735. The van der Waals surface area contributed by atoms with Gasteiger partial charge in [0.15, 0.2) is 0 Å². The monoisotopic (exact) mass is 325 g/mol. The summed E-state index contributed by atoms with van der Waals surface area (Å²) < 4.78 is 1.59. The number of benzene rings is 1. The first-order chi connectivity index (χ1) is 11.6. The molecule has 1 aromatic heterocycles. The van der Waals surface area contributed by atoms with Crippen molar-refractivity contribution in [2.45, 2.75) is 31.4 Å². The van der Waals surface area contributed by atoms with Crippen molar-refractivity contribution < 1.29 is 9.90 Å². The molecule has 1 aromatic carbocycles. The van der Waals surface area contributed by atoms with E-state index in [-0.39, 0.29) is 5.91 Å². The summed E-state index contributed by atoms with van der Waals surface area (Å²) in [6, 6.07) is 9.33. The summed E-state index contributed by atoms with van der Waals surface area (Å²) in [5, 5.41) is 27.0. The van der Waals surface area contributed by atoms with Gasteiger partial charge in [0.1, 0.15) is 5.60 Å². The molecule has 1 aliphatic rings. The number of β-amino-alcohol motifs (C(OH)–C–C–N with tert-alkyl or cyclic N) is 1. The zero-order valence-electron chi connectivity index (χ0n) is 13.3. The molecule has 0 bridgehead atoms. The molecule has 0 saturated carbocycles. The van der Waals surface area contributed by atoms with Crippen LogP contribution in [0.25, 0.3) is 0 Å². The van der Waals surface area contributed by atoms with Crippen molar-refractivity contribution in [3.05, 3.63) is 47.8 Å². The summed E-state index contributed by atoms with van der Waals surface area (Å²) >= 11 is 0. The van der Waals surface area contributed by atoms with Crippen LogP contribution in [0.3, 0.4) is 0 Å². The number of hydrogen-bond donors (Lipinski definition) is 1. The lowest BCUT2D eigenvalue weighted by molar-refractivity contribution is -0.131. The van der Waals surface area contributed by atoms with Crippen molar-refractivity contribution >= 4 is 5.91 Å². The second kappa shape index (κ2) is 6.81. The Labute approximate surface area is 140 Å². The van der Waals surface area contributed by atoms with E-state index in [2.05, 4.69) is 16.4 Å². The third kappa shape index (κ3) is 3.78. The van der Waals surface area contributed by atoms with Crippen molar-refractivity contribution in [2.75, 3.05) is 13.1 Å². The average Bonchev–Trinajstić information content (AvgIpc) is 3.23. The number of nitrogens with zero attached hydrogens (tertiary/aromatic N) is 5. The minimum absolute atomic E-state index is 0.0360. The molecule has 2 aromatic rings. The molecule has 0 radical (unpaired) electrons. The van der Waals surface area contributed by atoms with Crippen molar-refractivity contribution in [3.63, 3.8) is 0 Å². The standard InChI is InChI=1S/C17H19N5O2/c18-11-15-3-1-14(2-4-15)5-6-16(23)21-9-7-17(24,12-21)13-22-10-8-19-20-22/h1-4,8,10,24H,5-7,9,12-13H2. The molecule has 124 valence electrons. The van der Waals surface area contributed by atoms with E-state index in [4.69, 9.17) is 5.26 Å². The van der Waals surface area contributed by atoms with E-state index < -0.39 is 5.60 Å². The molecule has 1 unspecified atom stereocenters. The van der Waals surface area contributed by atoms with E-state index in [1.165, 1.54) is 0 Å². The zero-order valence-corrected chi connectivity index (χ0v) is 13.3. The van der Waals surface area contributed by atoms with Gasteiger partial charge in [-0.15, -0.1) is 5.10 Å². The number of amides is 1. The molecule has 24 heavy (non-hydrogen) atoms. The fraction of sp³-hybridized carbons (Fsp3) is 0.412. The van der Waals surface area contributed by atoms with E-state index >= 15 is 0 Å². The minimum Gasteiger partial charge on any atom is -0.386 e. The van der Waals surface area contributed by atoms with Crippen molar-refractivity contribution in [2.24, 2.45) is 0 Å². The van der Waals surface area contributed by atoms with E-state index in [0.717, 1.165) is 5.56 Å². The highest BCUT2D eigenvalue weighted by atomic mass is 16.3. The van der Waals surface area contributed by atoms with Gasteiger partial charge in [0, 0.05) is 19.2 Å². The van der Waals surface area contributed by atoms with Gasteiger partial charge in [-0.05, 0) is 30.5 Å². The first-order valence-corrected chi connectivity index (χ1v) is 7.91. The van der Waals surface area contributed by atoms with Crippen LogP contribution in [0.5, 0.6) is 0 Å². The Kier molecular flexibility index (Phi) is 4.58. The summed E-state index contributed by atoms with van der Waals surface area (Å²) in [6.07, 6.45) is 4.83. The Morgan fingerprint density at radius 1 is 1.38 bits per heavy atom. The van der Waals surface area contributed by atoms with Gasteiger partial charge in [-0.25, -0.2) is 4.68 Å². The first kappa shape index (κ1) is 16.1. The first-order valence-electron chi connectivity index (χ1n) is 7.91. The Morgan fingerprint density at radius 2 is 2.17 bits per heavy atom. The number of aryl methyl sites for hydroxylation is 1. The molecule has 1 fully saturated rings. The quantitative estimate of drug-likeness (QED) is 0.875. The molecule has 7 nitrogen and oxygen atoms in total. The Hall–Kier alpha value is -2.72. The number of rotatable bonds is 5. The number of aromatic nitrogens is 3. The van der Waals surface area contributed by atoms with Crippen LogP contribution in [-0.2, 0) is 17.8 Å². The van der Waals surface area contributed by atoms with Crippen LogP contribution < -0.4 is 0 Å². The van der Waals surface area contributed by atoms with Crippen LogP contribution in [0.1, 0.15) is 24.0 Å². The highest BCUT2D eigenvalue weighted by Gasteiger charge is 2.38. The van der Waals surface area contributed by atoms with E-state index in [9.17, 15) is 9.90 Å². The predicted octanol–water partition coefficient (Wildman–Crippen LogP) is 0.746. The third-order valence-corrected chi connectivity index (χ3v) is 4.32. The molecule has 1 N–H and O–H groups in total. The van der Waals surface area contributed by atoms with Crippen molar-refractivity contribution in [3.8, 4) is 6.07 Å². The van der Waals surface area contributed by atoms with Crippen molar-refractivity contribution in [1.29, 1.82) is 5.26 Å². The summed E-state index contributed by atoms with van der Waals surface area (Å²) in [4.78, 5) is 14.1. The molecule has 7 heteroatoms. The maximum Gasteiger partial charge on any atom is 0.223 e. The maximum atomic E-state index is 12.4. The number of hydrogen-bond acceptors (Lipinski definition) is 5. The second-order valence-corrected chi connectivity index (χ2v) is 6.20. The minimum atomic E-state index is -0.947. The van der Waals surface area contributed by atoms with Gasteiger partial charge in [-0.2, -0.15) is 5.26 Å². The molecule has 1 amide bonds. The SMILES string of the molecule is N#Cc1ccc(CCC(=O)N2CCC(O)(Cn3ccnn3)C2)cc1. The van der Waals surface area contributed by atoms with Crippen LogP contribution in [0.15, 0.2) is 36.7 Å². The van der Waals surface area contributed by atoms with Gasteiger partial charge < -0.3 is 10.0 Å². The topological polar surface area (TPSA) is 95.0 Å². The molecule has 1 aliphatic heterocycles. The van der Waals surface area contributed by atoms with Crippen LogP contribution in [-0.4, -0.2) is 49.6 Å². The lowest BCUT2D eigenvalue weighted by atomic mass is 10.0. The molecule has 1 saturated heterocycles. The molecule has 0 aliphatic carbocycles. The number of nitriles is 1. The van der Waals surface area contributed by atoms with Gasteiger partial charge in [-0.1, -0.05) is 17.3 Å². The van der Waals surface area contributed by atoms with Gasteiger partial charge in [-0.3, -0.25) is 4.79 Å². The van der Waals surface area contributed by atoms with E-state index in [1.54, 1.807) is 34.1 Å². The molecular weight excluding hydrogens is 306 g/mol. The second-order valence-electron chi connectivity index (χ2n) is 6.20. The molecule has 0 spiro atoms. The van der Waals surface area contributed by atoms with Crippen LogP contribution in [0.4, 0.5) is 0 Å². The number of likely N-dealkylation sites (tertiary alicyclic amines) is 1. The van der Waals surface area contributed by atoms with Gasteiger partial charge in [0.05, 0.1) is 30.9 Å². The normalized spacial score (nSPS) is 20.1. The maximum absolute atomic E-state index is 12.4. The van der Waals surface area contributed by atoms with E-state index in [0.29, 0.717) is 44.5 Å². The van der Waals surface area contributed by atoms with Crippen molar-refractivity contribution in [1.82, 2.24) is 19.9 Å². The fourth-order valence-electron chi connectivity index (χ4n) is 2.97. The lowest BCUT2D eigenvalue weighted by Gasteiger charge is -2.23. The number of carbonyl (C=O) groups is 1. The molecule has 3 rings (SSSR count). The predicted molar refractivity (Wildman–Crippen MR) is 85.6 cm³/mol. The summed E-state index contributed by atoms with van der Waals surface area (Å²) in [5.74, 6) is 0.0360. The third-order valence-electron chi connectivity index (χ3n) is 4.32. The highest BCUT2D eigenvalue weighted by Crippen LogP contribution is 2.23. The largest absolute Gasteiger partial charge is 0.386 e. The van der Waals surface area contributed by atoms with Gasteiger partial charge >= 0.3 is 0 Å². The van der Waals surface area contributed by atoms with Crippen LogP contribution >= 0.6 is 0 Å². The zero-order chi connectivity index (χ0) is 17.0. The molecule has 1 atom stereocenters. The van der Waals surface area contributed by atoms with Crippen LogP contribution in [0, 0.1) is 11.3 Å². The number of aliphatic hydroxyl groups is 1. The Morgan fingerprint density at radius 3 is 2.83 bits per heavy atom. The number of carbonyl (C=O) groups excluding carboxylic acids is 1.